The molecule has 1 aromatic rings. The zero-order valence-electron chi connectivity index (χ0n) is 12.1. The van der Waals surface area contributed by atoms with E-state index in [1.54, 1.807) is 18.2 Å². The number of guanidine groups is 1. The molecule has 0 aliphatic carbocycles. The van der Waals surface area contributed by atoms with Gasteiger partial charge >= 0.3 is 0 Å². The lowest BCUT2D eigenvalue weighted by molar-refractivity contribution is -0.126. The van der Waals surface area contributed by atoms with Crippen LogP contribution in [0.5, 0.6) is 0 Å². The molecule has 1 aromatic carbocycles. The molecule has 2 rings (SSSR count). The number of rotatable bonds is 2. The highest BCUT2D eigenvalue weighted by atomic mass is 35.5. The van der Waals surface area contributed by atoms with Gasteiger partial charge in [-0.1, -0.05) is 29.3 Å². The number of carbonyl (C=O) groups excluding carboxylic acids is 2. The fourth-order valence-electron chi connectivity index (χ4n) is 2.28. The Kier molecular flexibility index (Phi) is 5.05. The first-order valence-electron chi connectivity index (χ1n) is 6.58. The first-order chi connectivity index (χ1) is 10.4. The number of benzene rings is 1. The van der Waals surface area contributed by atoms with Gasteiger partial charge in [-0.15, -0.1) is 0 Å². The lowest BCUT2D eigenvalue weighted by Gasteiger charge is -2.21. The summed E-state index contributed by atoms with van der Waals surface area (Å²) < 4.78 is 0. The van der Waals surface area contributed by atoms with Crippen molar-refractivity contribution in [2.24, 2.45) is 4.99 Å². The van der Waals surface area contributed by atoms with E-state index in [0.29, 0.717) is 10.0 Å². The van der Waals surface area contributed by atoms with Crippen molar-refractivity contribution < 1.29 is 14.7 Å². The second kappa shape index (κ2) is 6.64. The van der Waals surface area contributed by atoms with Crippen molar-refractivity contribution >= 4 is 46.7 Å². The van der Waals surface area contributed by atoms with Gasteiger partial charge in [-0.25, -0.2) is 4.99 Å². The summed E-state index contributed by atoms with van der Waals surface area (Å²) in [6, 6.07) is 4.36. The van der Waals surface area contributed by atoms with E-state index in [1.807, 2.05) is 0 Å². The van der Waals surface area contributed by atoms with Crippen LogP contribution >= 0.6 is 23.2 Å². The summed E-state index contributed by atoms with van der Waals surface area (Å²) in [5, 5.41) is 10.0. The van der Waals surface area contributed by atoms with Crippen molar-refractivity contribution in [1.82, 2.24) is 9.80 Å². The quantitative estimate of drug-likeness (QED) is 0.892. The van der Waals surface area contributed by atoms with Crippen molar-refractivity contribution in [1.29, 1.82) is 0 Å². The Labute approximate surface area is 137 Å². The molecular formula is C14H15Cl2N3O3. The molecule has 2 amide bonds. The Morgan fingerprint density at radius 1 is 1.27 bits per heavy atom. The van der Waals surface area contributed by atoms with Crippen LogP contribution in [0.4, 0.5) is 5.69 Å². The van der Waals surface area contributed by atoms with Crippen LogP contribution in [-0.2, 0) is 9.59 Å². The second-order valence-electron chi connectivity index (χ2n) is 4.84. The molecule has 0 aromatic heterocycles. The first kappa shape index (κ1) is 16.7. The molecule has 1 fully saturated rings. The number of aliphatic hydroxyl groups is 1. The molecule has 1 aliphatic heterocycles. The summed E-state index contributed by atoms with van der Waals surface area (Å²) in [7, 11) is 0. The summed E-state index contributed by atoms with van der Waals surface area (Å²) in [4.78, 5) is 30.6. The molecule has 0 bridgehead atoms. The molecule has 6 nitrogen and oxygen atoms in total. The molecule has 22 heavy (non-hydrogen) atoms. The van der Waals surface area contributed by atoms with Gasteiger partial charge in [-0.05, 0) is 12.1 Å². The molecule has 1 unspecified atom stereocenters. The van der Waals surface area contributed by atoms with Gasteiger partial charge in [0, 0.05) is 13.8 Å². The lowest BCUT2D eigenvalue weighted by Crippen LogP contribution is -2.41. The Balaban J connectivity index is 2.58. The standard InChI is InChI=1S/C14H15Cl2N3O3/c1-8(21)18-6-10(7-20)19(9(2)22)14(18)17-13-11(15)4-3-5-12(13)16/h3-5,10,20H,6-7H2,1-2H3. The molecule has 1 N–H and O–H groups in total. The molecule has 1 heterocycles. The van der Waals surface area contributed by atoms with E-state index in [-0.39, 0.29) is 36.6 Å². The monoisotopic (exact) mass is 343 g/mol. The predicted molar refractivity (Wildman–Crippen MR) is 84.3 cm³/mol. The van der Waals surface area contributed by atoms with Crippen molar-refractivity contribution in [2.45, 2.75) is 19.9 Å². The van der Waals surface area contributed by atoms with Gasteiger partial charge in [0.2, 0.25) is 17.8 Å². The van der Waals surface area contributed by atoms with Gasteiger partial charge in [0.25, 0.3) is 0 Å². The van der Waals surface area contributed by atoms with Crippen LogP contribution in [0.3, 0.4) is 0 Å². The van der Waals surface area contributed by atoms with Crippen LogP contribution < -0.4 is 0 Å². The maximum absolute atomic E-state index is 11.9. The van der Waals surface area contributed by atoms with Crippen LogP contribution in [0.1, 0.15) is 13.8 Å². The van der Waals surface area contributed by atoms with Gasteiger partial charge in [0.15, 0.2) is 0 Å². The second-order valence-corrected chi connectivity index (χ2v) is 5.65. The van der Waals surface area contributed by atoms with Gasteiger partial charge in [0.1, 0.15) is 5.69 Å². The van der Waals surface area contributed by atoms with E-state index in [9.17, 15) is 14.7 Å². The third kappa shape index (κ3) is 3.09. The van der Waals surface area contributed by atoms with E-state index in [4.69, 9.17) is 23.2 Å². The highest BCUT2D eigenvalue weighted by Crippen LogP contribution is 2.34. The van der Waals surface area contributed by atoms with Crippen molar-refractivity contribution in [3.05, 3.63) is 28.2 Å². The summed E-state index contributed by atoms with van der Waals surface area (Å²) in [6.07, 6.45) is 0. The number of amides is 2. The summed E-state index contributed by atoms with van der Waals surface area (Å²) in [5.41, 5.74) is 0.275. The van der Waals surface area contributed by atoms with Gasteiger partial charge in [0.05, 0.1) is 29.2 Å². The Morgan fingerprint density at radius 2 is 1.86 bits per heavy atom. The fourth-order valence-corrected chi connectivity index (χ4v) is 2.77. The lowest BCUT2D eigenvalue weighted by atomic mass is 10.3. The maximum Gasteiger partial charge on any atom is 0.226 e. The van der Waals surface area contributed by atoms with E-state index in [0.717, 1.165) is 0 Å². The highest BCUT2D eigenvalue weighted by molar-refractivity contribution is 6.39. The number of nitrogens with zero attached hydrogens (tertiary/aromatic N) is 3. The van der Waals surface area contributed by atoms with Gasteiger partial charge in [-0.2, -0.15) is 0 Å². The van der Waals surface area contributed by atoms with Crippen molar-refractivity contribution in [3.63, 3.8) is 0 Å². The van der Waals surface area contributed by atoms with Crippen LogP contribution in [0.2, 0.25) is 10.0 Å². The van der Waals surface area contributed by atoms with Gasteiger partial charge < -0.3 is 5.11 Å². The van der Waals surface area contributed by atoms with E-state index in [1.165, 1.54) is 23.6 Å². The minimum absolute atomic E-state index is 0.119. The third-order valence-electron chi connectivity index (χ3n) is 3.29. The van der Waals surface area contributed by atoms with E-state index >= 15 is 0 Å². The Morgan fingerprint density at radius 3 is 2.32 bits per heavy atom. The van der Waals surface area contributed by atoms with Crippen LogP contribution in [0, 0.1) is 0 Å². The van der Waals surface area contributed by atoms with E-state index < -0.39 is 6.04 Å². The zero-order chi connectivity index (χ0) is 16.4. The molecule has 1 atom stereocenters. The summed E-state index contributed by atoms with van der Waals surface area (Å²) >= 11 is 12.2. The van der Waals surface area contributed by atoms with Crippen LogP contribution in [0.15, 0.2) is 23.2 Å². The molecule has 1 saturated heterocycles. The topological polar surface area (TPSA) is 73.2 Å². The third-order valence-corrected chi connectivity index (χ3v) is 3.90. The molecule has 0 spiro atoms. The first-order valence-corrected chi connectivity index (χ1v) is 7.33. The number of aliphatic hydroxyl groups excluding tert-OH is 1. The number of hydrogen-bond donors (Lipinski definition) is 1. The minimum Gasteiger partial charge on any atom is -0.394 e. The maximum atomic E-state index is 11.9. The average molecular weight is 344 g/mol. The van der Waals surface area contributed by atoms with E-state index in [2.05, 4.69) is 4.99 Å². The molecular weight excluding hydrogens is 329 g/mol. The number of para-hydroxylation sites is 1. The van der Waals surface area contributed by atoms with Crippen LogP contribution in [0.25, 0.3) is 0 Å². The highest BCUT2D eigenvalue weighted by Gasteiger charge is 2.39. The molecule has 8 heteroatoms. The SMILES string of the molecule is CC(=O)N1CC(CO)N(C(C)=O)C1=Nc1c(Cl)cccc1Cl. The zero-order valence-corrected chi connectivity index (χ0v) is 13.6. The van der Waals surface area contributed by atoms with Crippen LogP contribution in [-0.4, -0.2) is 51.9 Å². The number of carbonyl (C=O) groups is 2. The smallest absolute Gasteiger partial charge is 0.226 e. The largest absolute Gasteiger partial charge is 0.394 e. The molecule has 1 aliphatic rings. The number of hydrogen-bond acceptors (Lipinski definition) is 4. The fraction of sp³-hybridized carbons (Fsp3) is 0.357. The predicted octanol–water partition coefficient (Wildman–Crippen LogP) is 2.05. The van der Waals surface area contributed by atoms with Crippen molar-refractivity contribution in [2.75, 3.05) is 13.2 Å². The molecule has 118 valence electrons. The minimum atomic E-state index is -0.540. The van der Waals surface area contributed by atoms with Gasteiger partial charge in [-0.3, -0.25) is 19.4 Å². The number of aliphatic imine (C=N–C) groups is 1. The number of halogens is 2. The average Bonchev–Trinajstić information content (AvgIpc) is 2.81. The normalized spacial score (nSPS) is 19.9. The molecule has 0 saturated carbocycles. The van der Waals surface area contributed by atoms with Crippen molar-refractivity contribution in [3.8, 4) is 0 Å². The summed E-state index contributed by atoms with van der Waals surface area (Å²) in [6.45, 7) is 2.60. The summed E-state index contributed by atoms with van der Waals surface area (Å²) in [5.74, 6) is -0.497. The Bertz CT molecular complexity index is 628. The molecule has 0 radical (unpaired) electrons. The Hall–Kier alpha value is -1.63.